The SMILES string of the molecule is C=CC[C@@H]1OC(=O)N2[C@H]1COC2(C)C. The molecule has 0 aromatic carbocycles. The lowest BCUT2D eigenvalue weighted by atomic mass is 10.1. The third-order valence-corrected chi connectivity index (χ3v) is 2.80. The van der Waals surface area contributed by atoms with Gasteiger partial charge in [0.1, 0.15) is 11.8 Å². The number of nitrogens with zero attached hydrogens (tertiary/aromatic N) is 1. The Morgan fingerprint density at radius 2 is 2.43 bits per heavy atom. The molecule has 0 aliphatic carbocycles. The lowest BCUT2D eigenvalue weighted by molar-refractivity contribution is -0.0387. The second kappa shape index (κ2) is 2.98. The average molecular weight is 197 g/mol. The maximum atomic E-state index is 11.5. The van der Waals surface area contributed by atoms with Crippen LogP contribution in [0.25, 0.3) is 0 Å². The zero-order valence-electron chi connectivity index (χ0n) is 8.53. The molecule has 78 valence electrons. The number of hydrogen-bond acceptors (Lipinski definition) is 3. The van der Waals surface area contributed by atoms with Gasteiger partial charge in [-0.25, -0.2) is 4.79 Å². The van der Waals surface area contributed by atoms with E-state index in [-0.39, 0.29) is 18.2 Å². The normalized spacial score (nSPS) is 34.1. The van der Waals surface area contributed by atoms with Crippen LogP contribution in [0.4, 0.5) is 4.79 Å². The molecular weight excluding hydrogens is 182 g/mol. The molecule has 0 aromatic rings. The van der Waals surface area contributed by atoms with Gasteiger partial charge in [-0.2, -0.15) is 0 Å². The standard InChI is InChI=1S/C10H15NO3/c1-4-5-8-7-6-13-10(2,3)11(7)9(12)14-8/h4,7-8H,1,5-6H2,2-3H3/t7-,8-/m0/s1. The first-order chi connectivity index (χ1) is 6.56. The van der Waals surface area contributed by atoms with E-state index in [9.17, 15) is 4.79 Å². The second-order valence-electron chi connectivity index (χ2n) is 4.14. The van der Waals surface area contributed by atoms with Crippen LogP contribution in [0.2, 0.25) is 0 Å². The molecule has 4 heteroatoms. The molecule has 0 N–H and O–H groups in total. The summed E-state index contributed by atoms with van der Waals surface area (Å²) < 4.78 is 10.8. The van der Waals surface area contributed by atoms with Gasteiger partial charge in [0.25, 0.3) is 0 Å². The van der Waals surface area contributed by atoms with Gasteiger partial charge >= 0.3 is 6.09 Å². The van der Waals surface area contributed by atoms with Crippen LogP contribution in [0, 0.1) is 0 Å². The topological polar surface area (TPSA) is 38.8 Å². The number of hydrogen-bond donors (Lipinski definition) is 0. The predicted molar refractivity (Wildman–Crippen MR) is 50.7 cm³/mol. The van der Waals surface area contributed by atoms with E-state index in [1.165, 1.54) is 0 Å². The molecule has 2 fully saturated rings. The highest BCUT2D eigenvalue weighted by atomic mass is 16.6. The van der Waals surface area contributed by atoms with Crippen LogP contribution in [0.5, 0.6) is 0 Å². The van der Waals surface area contributed by atoms with E-state index < -0.39 is 5.72 Å². The lowest BCUT2D eigenvalue weighted by Gasteiger charge is -2.26. The minimum Gasteiger partial charge on any atom is -0.443 e. The molecule has 0 unspecified atom stereocenters. The minimum absolute atomic E-state index is 0.0514. The largest absolute Gasteiger partial charge is 0.443 e. The van der Waals surface area contributed by atoms with E-state index in [2.05, 4.69) is 6.58 Å². The van der Waals surface area contributed by atoms with Gasteiger partial charge in [-0.1, -0.05) is 6.08 Å². The molecule has 2 rings (SSSR count). The highest BCUT2D eigenvalue weighted by Gasteiger charge is 2.53. The van der Waals surface area contributed by atoms with Crippen molar-refractivity contribution in [2.75, 3.05) is 6.61 Å². The number of cyclic esters (lactones) is 1. The molecule has 2 aliphatic heterocycles. The molecule has 4 nitrogen and oxygen atoms in total. The molecule has 2 heterocycles. The van der Waals surface area contributed by atoms with Gasteiger partial charge in [0.15, 0.2) is 0 Å². The number of carbonyl (C=O) groups excluding carboxylic acids is 1. The summed E-state index contributed by atoms with van der Waals surface area (Å²) in [6.45, 7) is 7.96. The van der Waals surface area contributed by atoms with Crippen molar-refractivity contribution in [3.05, 3.63) is 12.7 Å². The quantitative estimate of drug-likeness (QED) is 0.630. The Hall–Kier alpha value is -1.03. The number of fused-ring (bicyclic) bond motifs is 1. The summed E-state index contributed by atoms with van der Waals surface area (Å²) >= 11 is 0. The first-order valence-corrected chi connectivity index (χ1v) is 4.81. The van der Waals surface area contributed by atoms with Gasteiger partial charge < -0.3 is 9.47 Å². The zero-order chi connectivity index (χ0) is 10.3. The zero-order valence-corrected chi connectivity index (χ0v) is 8.53. The predicted octanol–water partition coefficient (Wildman–Crippen LogP) is 1.52. The van der Waals surface area contributed by atoms with Gasteiger partial charge in [0.2, 0.25) is 0 Å². The number of ether oxygens (including phenoxy) is 2. The van der Waals surface area contributed by atoms with Crippen molar-refractivity contribution in [1.82, 2.24) is 4.90 Å². The fourth-order valence-electron chi connectivity index (χ4n) is 2.10. The van der Waals surface area contributed by atoms with E-state index in [0.717, 1.165) is 0 Å². The van der Waals surface area contributed by atoms with Crippen LogP contribution in [-0.2, 0) is 9.47 Å². The van der Waals surface area contributed by atoms with E-state index >= 15 is 0 Å². The van der Waals surface area contributed by atoms with E-state index in [1.807, 2.05) is 13.8 Å². The maximum absolute atomic E-state index is 11.5. The molecule has 0 radical (unpaired) electrons. The third kappa shape index (κ3) is 1.21. The maximum Gasteiger partial charge on any atom is 0.412 e. The molecule has 0 bridgehead atoms. The van der Waals surface area contributed by atoms with Crippen LogP contribution >= 0.6 is 0 Å². The Bertz CT molecular complexity index is 275. The highest BCUT2D eigenvalue weighted by molar-refractivity contribution is 5.72. The summed E-state index contributed by atoms with van der Waals surface area (Å²) in [6.07, 6.45) is 2.09. The summed E-state index contributed by atoms with van der Waals surface area (Å²) in [4.78, 5) is 13.2. The first kappa shape index (κ1) is 9.52. The second-order valence-corrected chi connectivity index (χ2v) is 4.14. The van der Waals surface area contributed by atoms with Crippen LogP contribution in [0.1, 0.15) is 20.3 Å². The van der Waals surface area contributed by atoms with Crippen LogP contribution in [0.15, 0.2) is 12.7 Å². The Labute approximate surface area is 83.5 Å². The molecule has 2 aliphatic rings. The van der Waals surface area contributed by atoms with Crippen molar-refractivity contribution < 1.29 is 14.3 Å². The molecule has 0 saturated carbocycles. The number of carbonyl (C=O) groups is 1. The fraction of sp³-hybridized carbons (Fsp3) is 0.700. The molecule has 2 saturated heterocycles. The van der Waals surface area contributed by atoms with Crippen molar-refractivity contribution in [2.24, 2.45) is 0 Å². The van der Waals surface area contributed by atoms with Gasteiger partial charge in [-0.3, -0.25) is 4.90 Å². The molecule has 14 heavy (non-hydrogen) atoms. The summed E-state index contributed by atoms with van der Waals surface area (Å²) in [5, 5.41) is 0. The minimum atomic E-state index is -0.530. The third-order valence-electron chi connectivity index (χ3n) is 2.80. The molecule has 2 atom stereocenters. The Morgan fingerprint density at radius 3 is 3.07 bits per heavy atom. The van der Waals surface area contributed by atoms with Gasteiger partial charge in [0, 0.05) is 6.42 Å². The monoisotopic (exact) mass is 197 g/mol. The summed E-state index contributed by atoms with van der Waals surface area (Å²) in [5.74, 6) is 0. The van der Waals surface area contributed by atoms with E-state index in [1.54, 1.807) is 11.0 Å². The van der Waals surface area contributed by atoms with Crippen molar-refractivity contribution in [3.8, 4) is 0 Å². The van der Waals surface area contributed by atoms with Gasteiger partial charge in [0.05, 0.1) is 12.6 Å². The fourth-order valence-corrected chi connectivity index (χ4v) is 2.10. The number of amides is 1. The van der Waals surface area contributed by atoms with Crippen molar-refractivity contribution in [1.29, 1.82) is 0 Å². The van der Waals surface area contributed by atoms with Crippen molar-refractivity contribution >= 4 is 6.09 Å². The smallest absolute Gasteiger partial charge is 0.412 e. The molecule has 1 amide bonds. The van der Waals surface area contributed by atoms with Crippen LogP contribution < -0.4 is 0 Å². The summed E-state index contributed by atoms with van der Waals surface area (Å²) in [6, 6.07) is 0.0514. The van der Waals surface area contributed by atoms with Crippen LogP contribution in [-0.4, -0.2) is 35.5 Å². The Kier molecular flexibility index (Phi) is 2.03. The number of rotatable bonds is 2. The van der Waals surface area contributed by atoms with Crippen molar-refractivity contribution in [3.63, 3.8) is 0 Å². The summed E-state index contributed by atoms with van der Waals surface area (Å²) in [5.41, 5.74) is -0.530. The molecule has 0 spiro atoms. The molecular formula is C10H15NO3. The average Bonchev–Trinajstić information content (AvgIpc) is 2.55. The van der Waals surface area contributed by atoms with Crippen LogP contribution in [0.3, 0.4) is 0 Å². The highest BCUT2D eigenvalue weighted by Crippen LogP contribution is 2.36. The Morgan fingerprint density at radius 1 is 1.71 bits per heavy atom. The first-order valence-electron chi connectivity index (χ1n) is 4.81. The van der Waals surface area contributed by atoms with Gasteiger partial charge in [-0.05, 0) is 13.8 Å². The Balaban J connectivity index is 2.20. The van der Waals surface area contributed by atoms with E-state index in [4.69, 9.17) is 9.47 Å². The molecule has 0 aromatic heterocycles. The van der Waals surface area contributed by atoms with Crippen molar-refractivity contribution in [2.45, 2.75) is 38.1 Å². The lowest BCUT2D eigenvalue weighted by Crippen LogP contribution is -2.43. The van der Waals surface area contributed by atoms with Gasteiger partial charge in [-0.15, -0.1) is 6.58 Å². The summed E-state index contributed by atoms with van der Waals surface area (Å²) in [7, 11) is 0. The van der Waals surface area contributed by atoms with E-state index in [0.29, 0.717) is 13.0 Å².